The Morgan fingerprint density at radius 1 is 0.704 bits per heavy atom. The van der Waals surface area contributed by atoms with E-state index in [1.807, 2.05) is 24.3 Å². The summed E-state index contributed by atoms with van der Waals surface area (Å²) in [5.74, 6) is 1.98. The Balaban J connectivity index is 2.10. The van der Waals surface area contributed by atoms with Crippen LogP contribution in [0.25, 0.3) is 0 Å². The van der Waals surface area contributed by atoms with E-state index < -0.39 is 5.34 Å². The van der Waals surface area contributed by atoms with E-state index in [0.29, 0.717) is 27.8 Å². The Morgan fingerprint density at radius 3 is 1.56 bits per heavy atom. The lowest BCUT2D eigenvalue weighted by molar-refractivity contribution is 0.201. The summed E-state index contributed by atoms with van der Waals surface area (Å²) in [6.45, 7) is 0. The Hall–Kier alpha value is -2.55. The Kier molecular flexibility index (Phi) is 6.00. The lowest BCUT2D eigenvalue weighted by Gasteiger charge is -2.29. The molecule has 0 aliphatic carbocycles. The van der Waals surface area contributed by atoms with Gasteiger partial charge in [-0.2, -0.15) is 0 Å². The van der Waals surface area contributed by atoms with E-state index in [2.05, 4.69) is 0 Å². The second-order valence-corrected chi connectivity index (χ2v) is 7.00. The molecule has 0 aliphatic rings. The van der Waals surface area contributed by atoms with Crippen molar-refractivity contribution in [2.24, 2.45) is 0 Å². The van der Waals surface area contributed by atoms with Gasteiger partial charge >= 0.3 is 0 Å². The van der Waals surface area contributed by atoms with Crippen molar-refractivity contribution in [3.05, 3.63) is 88.9 Å². The van der Waals surface area contributed by atoms with Crippen LogP contribution in [0.5, 0.6) is 17.2 Å². The van der Waals surface area contributed by atoms with Crippen molar-refractivity contribution >= 4 is 20.1 Å². The minimum Gasteiger partial charge on any atom is -0.497 e. The number of methoxy groups -OCH3 is 2. The monoisotopic (exact) mass is 400 g/mol. The maximum atomic E-state index is 12.5. The van der Waals surface area contributed by atoms with E-state index in [1.165, 1.54) is 0 Å². The predicted octanol–water partition coefficient (Wildman–Crippen LogP) is 5.93. The van der Waals surface area contributed by atoms with Crippen LogP contribution in [0.2, 0.25) is 5.02 Å². The zero-order chi connectivity index (χ0) is 19.3. The van der Waals surface area contributed by atoms with Crippen LogP contribution in [-0.4, -0.2) is 14.2 Å². The molecule has 3 aromatic rings. The number of hydrogen-bond acceptors (Lipinski definition) is 4. The largest absolute Gasteiger partial charge is 0.497 e. The summed E-state index contributed by atoms with van der Waals surface area (Å²) in [6.07, 6.45) is 0. The van der Waals surface area contributed by atoms with Crippen LogP contribution in [-0.2, 0) is 9.91 Å². The van der Waals surface area contributed by atoms with Gasteiger partial charge in [-0.3, -0.25) is 4.57 Å². The summed E-state index contributed by atoms with van der Waals surface area (Å²) in [6, 6.07) is 21.5. The second-order valence-electron chi connectivity index (χ2n) is 5.75. The molecule has 4 nitrogen and oxygen atoms in total. The van der Waals surface area contributed by atoms with E-state index in [1.54, 1.807) is 62.8 Å². The number of halogens is 1. The van der Waals surface area contributed by atoms with Gasteiger partial charge in [0.05, 0.1) is 14.2 Å². The predicted molar refractivity (Wildman–Crippen MR) is 106 cm³/mol. The quantitative estimate of drug-likeness (QED) is 0.461. The fourth-order valence-corrected chi connectivity index (χ4v) is 3.49. The normalized spacial score (nSPS) is 13.0. The minimum atomic E-state index is -1.23. The van der Waals surface area contributed by atoms with Crippen LogP contribution in [0.1, 0.15) is 11.1 Å². The molecular formula is C21H18ClO4P. The van der Waals surface area contributed by atoms with Crippen LogP contribution in [0.3, 0.4) is 0 Å². The van der Waals surface area contributed by atoms with E-state index in [-0.39, 0.29) is 8.46 Å². The fraction of sp³-hybridized carbons (Fsp3) is 0.143. The molecule has 0 saturated heterocycles. The first-order valence-electron chi connectivity index (χ1n) is 8.19. The molecule has 0 N–H and O–H groups in total. The molecule has 1 atom stereocenters. The molecule has 0 saturated carbocycles. The molecule has 0 heterocycles. The molecule has 0 aliphatic heterocycles. The maximum absolute atomic E-state index is 12.5. The van der Waals surface area contributed by atoms with Crippen molar-refractivity contribution in [2.45, 2.75) is 5.34 Å². The molecule has 0 aromatic heterocycles. The van der Waals surface area contributed by atoms with Crippen LogP contribution < -0.4 is 14.2 Å². The Bertz CT molecular complexity index is 895. The van der Waals surface area contributed by atoms with Crippen molar-refractivity contribution in [3.63, 3.8) is 0 Å². The first-order chi connectivity index (χ1) is 13.1. The SMILES string of the molecule is COc1ccc(OC(P=O)(c2ccc(Cl)cc2)c2ccc(OC)cc2)cc1. The van der Waals surface area contributed by atoms with Gasteiger partial charge in [-0.25, -0.2) is 0 Å². The van der Waals surface area contributed by atoms with Crippen LogP contribution in [0.4, 0.5) is 0 Å². The lowest BCUT2D eigenvalue weighted by atomic mass is 10.00. The van der Waals surface area contributed by atoms with E-state index in [9.17, 15) is 4.57 Å². The molecule has 138 valence electrons. The Morgan fingerprint density at radius 2 is 1.11 bits per heavy atom. The summed E-state index contributed by atoms with van der Waals surface area (Å²) in [7, 11) is 2.98. The van der Waals surface area contributed by atoms with Gasteiger partial charge in [0.15, 0.2) is 0 Å². The minimum absolute atomic E-state index is 0.218. The lowest BCUT2D eigenvalue weighted by Crippen LogP contribution is -2.28. The number of ether oxygens (including phenoxy) is 3. The van der Waals surface area contributed by atoms with Crippen molar-refractivity contribution in [1.29, 1.82) is 0 Å². The highest BCUT2D eigenvalue weighted by molar-refractivity contribution is 7.25. The molecule has 6 heteroatoms. The molecule has 3 aromatic carbocycles. The summed E-state index contributed by atoms with van der Waals surface area (Å²) >= 11 is 6.03. The molecule has 0 spiro atoms. The summed E-state index contributed by atoms with van der Waals surface area (Å²) < 4.78 is 29.2. The summed E-state index contributed by atoms with van der Waals surface area (Å²) in [5, 5.41) is -0.639. The zero-order valence-electron chi connectivity index (χ0n) is 14.9. The highest BCUT2D eigenvalue weighted by Gasteiger charge is 2.38. The Labute approximate surface area is 164 Å². The molecule has 1 unspecified atom stereocenters. The third-order valence-electron chi connectivity index (χ3n) is 4.17. The van der Waals surface area contributed by atoms with Gasteiger partial charge in [0.25, 0.3) is 0 Å². The van der Waals surface area contributed by atoms with Gasteiger partial charge in [-0.1, -0.05) is 35.9 Å². The molecule has 0 radical (unpaired) electrons. The second kappa shape index (κ2) is 8.43. The first-order valence-corrected chi connectivity index (χ1v) is 9.38. The van der Waals surface area contributed by atoms with Gasteiger partial charge in [-0.05, 0) is 48.5 Å². The van der Waals surface area contributed by atoms with E-state index in [4.69, 9.17) is 25.8 Å². The number of rotatable bonds is 7. The smallest absolute Gasteiger partial charge is 0.238 e. The van der Waals surface area contributed by atoms with Crippen molar-refractivity contribution < 1.29 is 18.8 Å². The van der Waals surface area contributed by atoms with Crippen molar-refractivity contribution in [3.8, 4) is 17.2 Å². The third kappa shape index (κ3) is 4.08. The van der Waals surface area contributed by atoms with Gasteiger partial charge in [0.2, 0.25) is 13.8 Å². The molecule has 0 bridgehead atoms. The summed E-state index contributed by atoms with van der Waals surface area (Å²) in [4.78, 5) is 0. The van der Waals surface area contributed by atoms with Crippen molar-refractivity contribution in [1.82, 2.24) is 0 Å². The molecule has 27 heavy (non-hydrogen) atoms. The van der Waals surface area contributed by atoms with Crippen LogP contribution >= 0.6 is 20.1 Å². The fourth-order valence-electron chi connectivity index (χ4n) is 2.72. The molecule has 0 fully saturated rings. The van der Waals surface area contributed by atoms with Gasteiger partial charge in [-0.15, -0.1) is 0 Å². The molecular weight excluding hydrogens is 383 g/mol. The zero-order valence-corrected chi connectivity index (χ0v) is 16.5. The van der Waals surface area contributed by atoms with Crippen molar-refractivity contribution in [2.75, 3.05) is 14.2 Å². The first kappa shape index (κ1) is 19.2. The maximum Gasteiger partial charge on any atom is 0.238 e. The van der Waals surface area contributed by atoms with Gasteiger partial charge in [0.1, 0.15) is 17.2 Å². The summed E-state index contributed by atoms with van der Waals surface area (Å²) in [5.41, 5.74) is 1.43. The standard InChI is InChI=1S/C21H18ClO4P/c1-24-18-9-5-16(6-10-18)21(27-23,15-3-7-17(22)8-4-15)26-20-13-11-19(25-2)12-14-20/h3-14H,1-2H3. The van der Waals surface area contributed by atoms with Crippen LogP contribution in [0.15, 0.2) is 72.8 Å². The highest BCUT2D eigenvalue weighted by Crippen LogP contribution is 2.44. The topological polar surface area (TPSA) is 44.8 Å². The number of hydrogen-bond donors (Lipinski definition) is 0. The average molecular weight is 401 g/mol. The number of benzene rings is 3. The van der Waals surface area contributed by atoms with Gasteiger partial charge < -0.3 is 14.2 Å². The van der Waals surface area contributed by atoms with Gasteiger partial charge in [0, 0.05) is 16.1 Å². The van der Waals surface area contributed by atoms with E-state index in [0.717, 1.165) is 5.56 Å². The molecule has 0 amide bonds. The molecule has 3 rings (SSSR count). The third-order valence-corrected chi connectivity index (χ3v) is 5.29. The highest BCUT2D eigenvalue weighted by atomic mass is 35.5. The average Bonchev–Trinajstić information content (AvgIpc) is 2.73. The van der Waals surface area contributed by atoms with Crippen LogP contribution in [0, 0.1) is 0 Å². The van der Waals surface area contributed by atoms with E-state index >= 15 is 0 Å².